The molecule has 30 heavy (non-hydrogen) atoms. The number of halogens is 1. The number of fused-ring (bicyclic) bond motifs is 1. The molecule has 2 heterocycles. The SMILES string of the molecule is Cc1c(C#N)cccc1CNc1nnc(C)c2cc(F)c(N3CCOC[C@H]3C)cc12. The number of morpholine rings is 1. The van der Waals surface area contributed by atoms with E-state index in [1.54, 1.807) is 12.1 Å². The summed E-state index contributed by atoms with van der Waals surface area (Å²) in [6.45, 7) is 8.08. The van der Waals surface area contributed by atoms with Gasteiger partial charge in [-0.15, -0.1) is 5.10 Å². The molecule has 1 aromatic heterocycles. The first-order chi connectivity index (χ1) is 14.5. The van der Waals surface area contributed by atoms with Gasteiger partial charge in [0.25, 0.3) is 0 Å². The molecule has 0 saturated carbocycles. The second-order valence-electron chi connectivity index (χ2n) is 7.66. The van der Waals surface area contributed by atoms with E-state index >= 15 is 0 Å². The maximum atomic E-state index is 15.0. The Morgan fingerprint density at radius 2 is 2.10 bits per heavy atom. The van der Waals surface area contributed by atoms with Gasteiger partial charge < -0.3 is 15.0 Å². The van der Waals surface area contributed by atoms with E-state index in [1.165, 1.54) is 0 Å². The molecule has 154 valence electrons. The lowest BCUT2D eigenvalue weighted by molar-refractivity contribution is 0.0986. The van der Waals surface area contributed by atoms with E-state index in [0.29, 0.717) is 49.1 Å². The molecule has 0 bridgehead atoms. The summed E-state index contributed by atoms with van der Waals surface area (Å²) >= 11 is 0. The minimum atomic E-state index is -0.268. The number of hydrogen-bond acceptors (Lipinski definition) is 6. The number of anilines is 2. The molecule has 0 spiro atoms. The van der Waals surface area contributed by atoms with Crippen molar-refractivity contribution >= 4 is 22.3 Å². The van der Waals surface area contributed by atoms with Gasteiger partial charge in [-0.2, -0.15) is 10.4 Å². The third kappa shape index (κ3) is 3.66. The van der Waals surface area contributed by atoms with Crippen molar-refractivity contribution in [1.82, 2.24) is 10.2 Å². The number of rotatable bonds is 4. The molecule has 7 heteroatoms. The lowest BCUT2D eigenvalue weighted by Crippen LogP contribution is -2.44. The van der Waals surface area contributed by atoms with Crippen LogP contribution in [-0.2, 0) is 11.3 Å². The van der Waals surface area contributed by atoms with Gasteiger partial charge in [0.2, 0.25) is 0 Å². The second kappa shape index (κ2) is 8.25. The quantitative estimate of drug-likeness (QED) is 0.705. The lowest BCUT2D eigenvalue weighted by Gasteiger charge is -2.35. The number of aromatic nitrogens is 2. The van der Waals surface area contributed by atoms with Gasteiger partial charge in [-0.25, -0.2) is 4.39 Å². The normalized spacial score (nSPS) is 16.5. The van der Waals surface area contributed by atoms with Crippen molar-refractivity contribution in [1.29, 1.82) is 5.26 Å². The molecular weight excluding hydrogens is 381 g/mol. The Labute approximate surface area is 175 Å². The number of hydrogen-bond donors (Lipinski definition) is 1. The first-order valence-corrected chi connectivity index (χ1v) is 10.0. The highest BCUT2D eigenvalue weighted by molar-refractivity contribution is 5.95. The Morgan fingerprint density at radius 3 is 2.87 bits per heavy atom. The summed E-state index contributed by atoms with van der Waals surface area (Å²) in [5.41, 5.74) is 3.83. The second-order valence-corrected chi connectivity index (χ2v) is 7.66. The molecule has 2 aromatic carbocycles. The van der Waals surface area contributed by atoms with Gasteiger partial charge in [-0.1, -0.05) is 12.1 Å². The highest BCUT2D eigenvalue weighted by Crippen LogP contribution is 2.32. The van der Waals surface area contributed by atoms with Gasteiger partial charge in [0.15, 0.2) is 5.82 Å². The Balaban J connectivity index is 1.72. The number of aryl methyl sites for hydroxylation is 1. The van der Waals surface area contributed by atoms with Crippen LogP contribution in [0.3, 0.4) is 0 Å². The fourth-order valence-corrected chi connectivity index (χ4v) is 3.90. The number of nitrogens with zero attached hydrogens (tertiary/aromatic N) is 4. The molecule has 0 radical (unpaired) electrons. The molecule has 0 amide bonds. The molecule has 0 aliphatic carbocycles. The minimum absolute atomic E-state index is 0.0920. The van der Waals surface area contributed by atoms with Crippen LogP contribution in [-0.4, -0.2) is 36.0 Å². The van der Waals surface area contributed by atoms with Gasteiger partial charge in [0.05, 0.1) is 36.2 Å². The van der Waals surface area contributed by atoms with Crippen molar-refractivity contribution in [2.45, 2.75) is 33.4 Å². The van der Waals surface area contributed by atoms with Crippen molar-refractivity contribution in [2.24, 2.45) is 0 Å². The molecule has 4 rings (SSSR count). The number of nitrogens with one attached hydrogen (secondary N) is 1. The molecule has 1 atom stereocenters. The summed E-state index contributed by atoms with van der Waals surface area (Å²) in [5, 5.41) is 22.7. The molecule has 1 saturated heterocycles. The standard InChI is InChI=1S/C23H24FN5O/c1-14-13-30-8-7-29(14)22-10-20-19(9-21(22)24)16(3)27-28-23(20)26-12-18-6-4-5-17(11-25)15(18)2/h4-6,9-10,14H,7-8,12-13H2,1-3H3,(H,26,28)/t14-/m1/s1. The zero-order valence-corrected chi connectivity index (χ0v) is 17.4. The largest absolute Gasteiger partial charge is 0.377 e. The summed E-state index contributed by atoms with van der Waals surface area (Å²) in [6.07, 6.45) is 0. The van der Waals surface area contributed by atoms with Crippen molar-refractivity contribution in [3.8, 4) is 6.07 Å². The summed E-state index contributed by atoms with van der Waals surface area (Å²) < 4.78 is 20.5. The van der Waals surface area contributed by atoms with Crippen molar-refractivity contribution in [3.05, 3.63) is 58.5 Å². The topological polar surface area (TPSA) is 74.1 Å². The summed E-state index contributed by atoms with van der Waals surface area (Å²) in [4.78, 5) is 2.04. The summed E-state index contributed by atoms with van der Waals surface area (Å²) in [5.74, 6) is 0.329. The minimum Gasteiger partial charge on any atom is -0.377 e. The van der Waals surface area contributed by atoms with Crippen molar-refractivity contribution < 1.29 is 9.13 Å². The maximum absolute atomic E-state index is 15.0. The van der Waals surface area contributed by atoms with E-state index in [4.69, 9.17) is 4.74 Å². The third-order valence-corrected chi connectivity index (χ3v) is 5.72. The zero-order valence-electron chi connectivity index (χ0n) is 17.4. The van der Waals surface area contributed by atoms with E-state index < -0.39 is 0 Å². The van der Waals surface area contributed by atoms with E-state index in [0.717, 1.165) is 21.9 Å². The van der Waals surface area contributed by atoms with Crippen LogP contribution in [0, 0.1) is 31.0 Å². The molecular formula is C23H24FN5O. The summed E-state index contributed by atoms with van der Waals surface area (Å²) in [6, 6.07) is 11.4. The Morgan fingerprint density at radius 1 is 1.27 bits per heavy atom. The maximum Gasteiger partial charge on any atom is 0.156 e. The van der Waals surface area contributed by atoms with Crippen molar-refractivity contribution in [3.63, 3.8) is 0 Å². The van der Waals surface area contributed by atoms with Crippen LogP contribution in [0.15, 0.2) is 30.3 Å². The molecule has 3 aromatic rings. The van der Waals surface area contributed by atoms with Crippen LogP contribution in [0.1, 0.15) is 29.3 Å². The molecule has 1 N–H and O–H groups in total. The number of ether oxygens (including phenoxy) is 1. The summed E-state index contributed by atoms with van der Waals surface area (Å²) in [7, 11) is 0. The van der Waals surface area contributed by atoms with Gasteiger partial charge in [-0.3, -0.25) is 0 Å². The lowest BCUT2D eigenvalue weighted by atomic mass is 10.0. The number of benzene rings is 2. The van der Waals surface area contributed by atoms with Gasteiger partial charge in [-0.05, 0) is 50.1 Å². The Bertz CT molecular complexity index is 1140. The van der Waals surface area contributed by atoms with Gasteiger partial charge >= 0.3 is 0 Å². The van der Waals surface area contributed by atoms with Crippen LogP contribution >= 0.6 is 0 Å². The average molecular weight is 405 g/mol. The van der Waals surface area contributed by atoms with E-state index in [1.807, 2.05) is 43.9 Å². The molecule has 1 aliphatic rings. The predicted molar refractivity (Wildman–Crippen MR) is 115 cm³/mol. The van der Waals surface area contributed by atoms with Crippen LogP contribution < -0.4 is 10.2 Å². The highest BCUT2D eigenvalue weighted by Gasteiger charge is 2.23. The Hall–Kier alpha value is -3.24. The fourth-order valence-electron chi connectivity index (χ4n) is 3.90. The molecule has 0 unspecified atom stereocenters. The monoisotopic (exact) mass is 405 g/mol. The number of nitriles is 1. The smallest absolute Gasteiger partial charge is 0.156 e. The molecule has 6 nitrogen and oxygen atoms in total. The van der Waals surface area contributed by atoms with Gasteiger partial charge in [0, 0.05) is 29.9 Å². The Kier molecular flexibility index (Phi) is 5.51. The predicted octanol–water partition coefficient (Wildman–Crippen LogP) is 4.09. The first kappa shape index (κ1) is 20.0. The average Bonchev–Trinajstić information content (AvgIpc) is 2.75. The van der Waals surface area contributed by atoms with Crippen LogP contribution in [0.2, 0.25) is 0 Å². The van der Waals surface area contributed by atoms with E-state index in [9.17, 15) is 9.65 Å². The molecule has 1 aliphatic heterocycles. The van der Waals surface area contributed by atoms with Crippen LogP contribution in [0.5, 0.6) is 0 Å². The van der Waals surface area contributed by atoms with Crippen LogP contribution in [0.4, 0.5) is 15.9 Å². The van der Waals surface area contributed by atoms with Crippen molar-refractivity contribution in [2.75, 3.05) is 30.0 Å². The van der Waals surface area contributed by atoms with Gasteiger partial charge in [0.1, 0.15) is 5.82 Å². The third-order valence-electron chi connectivity index (χ3n) is 5.72. The molecule has 1 fully saturated rings. The highest BCUT2D eigenvalue weighted by atomic mass is 19.1. The first-order valence-electron chi connectivity index (χ1n) is 10.0. The zero-order chi connectivity index (χ0) is 21.3. The van der Waals surface area contributed by atoms with E-state index in [2.05, 4.69) is 21.6 Å². The van der Waals surface area contributed by atoms with Crippen LogP contribution in [0.25, 0.3) is 10.8 Å². The fraction of sp³-hybridized carbons (Fsp3) is 0.348. The van der Waals surface area contributed by atoms with E-state index in [-0.39, 0.29) is 11.9 Å².